The van der Waals surface area contributed by atoms with Crippen LogP contribution in [0.25, 0.3) is 16.9 Å². The zero-order valence-corrected chi connectivity index (χ0v) is 19.1. The van der Waals surface area contributed by atoms with E-state index in [1.807, 2.05) is 9.80 Å². The molecule has 0 bridgehead atoms. The predicted molar refractivity (Wildman–Crippen MR) is 123 cm³/mol. The molecule has 0 atom stereocenters. The van der Waals surface area contributed by atoms with Crippen molar-refractivity contribution in [2.24, 2.45) is 0 Å². The summed E-state index contributed by atoms with van der Waals surface area (Å²) in [6, 6.07) is 6.75. The van der Waals surface area contributed by atoms with Gasteiger partial charge in [0, 0.05) is 45.3 Å². The van der Waals surface area contributed by atoms with Crippen molar-refractivity contribution in [3.8, 4) is 11.6 Å². The van der Waals surface area contributed by atoms with Gasteiger partial charge in [-0.1, -0.05) is 6.07 Å². The van der Waals surface area contributed by atoms with Crippen LogP contribution in [0.1, 0.15) is 12.2 Å². The van der Waals surface area contributed by atoms with Crippen molar-refractivity contribution in [3.05, 3.63) is 30.1 Å². The number of nitrogens with zero attached hydrogens (tertiary/aromatic N) is 7. The third kappa shape index (κ3) is 4.38. The van der Waals surface area contributed by atoms with Crippen LogP contribution in [0.3, 0.4) is 0 Å². The van der Waals surface area contributed by atoms with E-state index in [4.69, 9.17) is 14.5 Å². The first-order valence-electron chi connectivity index (χ1n) is 11.2. The molecule has 1 amide bonds. The lowest BCUT2D eigenvalue weighted by atomic mass is 10.3. The summed E-state index contributed by atoms with van der Waals surface area (Å²) >= 11 is 0. The molecule has 35 heavy (non-hydrogen) atoms. The summed E-state index contributed by atoms with van der Waals surface area (Å²) in [5.41, 5.74) is 0.751. The Morgan fingerprint density at radius 3 is 2.40 bits per heavy atom. The number of ether oxygens (including phenoxy) is 2. The van der Waals surface area contributed by atoms with Crippen molar-refractivity contribution in [1.82, 2.24) is 24.4 Å². The maximum absolute atomic E-state index is 14.2. The molecule has 0 aliphatic carbocycles. The molecular weight excluding hydrogens is 464 g/mol. The normalized spacial score (nSPS) is 16.9. The van der Waals surface area contributed by atoms with E-state index < -0.39 is 18.3 Å². The molecule has 3 aromatic rings. The van der Waals surface area contributed by atoms with Gasteiger partial charge in [0.2, 0.25) is 5.95 Å². The zero-order chi connectivity index (χ0) is 24.5. The van der Waals surface area contributed by atoms with Crippen LogP contribution in [-0.2, 0) is 4.74 Å². The molecule has 0 radical (unpaired) electrons. The molecule has 2 saturated heterocycles. The molecule has 13 heteroatoms. The summed E-state index contributed by atoms with van der Waals surface area (Å²) in [4.78, 5) is 30.1. The maximum Gasteiger partial charge on any atom is 0.407 e. The van der Waals surface area contributed by atoms with Gasteiger partial charge in [0.1, 0.15) is 22.9 Å². The zero-order valence-electron chi connectivity index (χ0n) is 19.1. The van der Waals surface area contributed by atoms with Crippen molar-refractivity contribution < 1.29 is 28.2 Å². The van der Waals surface area contributed by atoms with Gasteiger partial charge in [-0.25, -0.2) is 18.6 Å². The van der Waals surface area contributed by atoms with Crippen LogP contribution >= 0.6 is 0 Å². The van der Waals surface area contributed by atoms with E-state index in [1.165, 1.54) is 16.6 Å². The maximum atomic E-state index is 14.2. The first-order valence-corrected chi connectivity index (χ1v) is 11.2. The van der Waals surface area contributed by atoms with Crippen molar-refractivity contribution in [2.45, 2.75) is 6.43 Å². The van der Waals surface area contributed by atoms with Crippen molar-refractivity contribution in [1.29, 1.82) is 0 Å². The van der Waals surface area contributed by atoms with Crippen LogP contribution in [0.4, 0.5) is 25.3 Å². The summed E-state index contributed by atoms with van der Waals surface area (Å²) in [7, 11) is 1.46. The van der Waals surface area contributed by atoms with Crippen LogP contribution in [0.2, 0.25) is 0 Å². The second kappa shape index (κ2) is 9.49. The molecule has 1 aromatic carbocycles. The van der Waals surface area contributed by atoms with E-state index in [1.54, 1.807) is 24.3 Å². The molecule has 2 aliphatic rings. The Balaban J connectivity index is 1.63. The Kier molecular flexibility index (Phi) is 6.24. The minimum absolute atomic E-state index is 0.253. The molecular formula is C22H25F2N7O4. The molecule has 5 rings (SSSR count). The number of halogens is 2. The number of para-hydroxylation sites is 1. The van der Waals surface area contributed by atoms with Crippen molar-refractivity contribution in [2.75, 3.05) is 69.4 Å². The standard InChI is InChI=1S/C22H25F2N7O4/c1-34-15-4-2-3-14-18(15)27-20(19(23)24)31(14)17-13-16(28-9-11-35-12-10-28)25-21(26-17)29-5-7-30(8-6-29)22(32)33/h2-4,13,19H,5-12H2,1H3,(H,32,33). The van der Waals surface area contributed by atoms with Gasteiger partial charge in [-0.15, -0.1) is 0 Å². The number of imidazole rings is 1. The average molecular weight is 489 g/mol. The second-order valence-corrected chi connectivity index (χ2v) is 8.17. The third-order valence-electron chi connectivity index (χ3n) is 6.17. The van der Waals surface area contributed by atoms with Gasteiger partial charge in [0.25, 0.3) is 6.43 Å². The van der Waals surface area contributed by atoms with Gasteiger partial charge in [0.15, 0.2) is 5.82 Å². The lowest BCUT2D eigenvalue weighted by molar-refractivity contribution is 0.122. The Labute approximate surface area is 199 Å². The minimum Gasteiger partial charge on any atom is -0.494 e. The predicted octanol–water partition coefficient (Wildman–Crippen LogP) is 2.40. The van der Waals surface area contributed by atoms with Gasteiger partial charge < -0.3 is 29.3 Å². The fourth-order valence-electron chi connectivity index (χ4n) is 4.36. The quantitative estimate of drug-likeness (QED) is 0.578. The number of morpholine rings is 1. The number of amides is 1. The lowest BCUT2D eigenvalue weighted by Crippen LogP contribution is -2.49. The number of piperazine rings is 1. The van der Waals surface area contributed by atoms with Gasteiger partial charge in [-0.2, -0.15) is 9.97 Å². The minimum atomic E-state index is -2.85. The smallest absolute Gasteiger partial charge is 0.407 e. The summed E-state index contributed by atoms with van der Waals surface area (Å²) in [6.07, 6.45) is -3.83. The Morgan fingerprint density at radius 1 is 1.03 bits per heavy atom. The molecule has 0 saturated carbocycles. The number of anilines is 2. The summed E-state index contributed by atoms with van der Waals surface area (Å²) in [5.74, 6) is 1.12. The fraction of sp³-hybridized carbons (Fsp3) is 0.455. The molecule has 1 N–H and O–H groups in total. The van der Waals surface area contributed by atoms with E-state index >= 15 is 0 Å². The number of fused-ring (bicyclic) bond motifs is 1. The molecule has 11 nitrogen and oxygen atoms in total. The molecule has 186 valence electrons. The molecule has 2 aliphatic heterocycles. The number of hydrogen-bond acceptors (Lipinski definition) is 8. The van der Waals surface area contributed by atoms with Crippen LogP contribution in [-0.4, -0.2) is 95.2 Å². The summed E-state index contributed by atoms with van der Waals surface area (Å²) in [6.45, 7) is 3.62. The monoisotopic (exact) mass is 489 g/mol. The Hall–Kier alpha value is -3.74. The first kappa shape index (κ1) is 23.0. The SMILES string of the molecule is COc1cccc2c1nc(C(F)F)n2-c1cc(N2CCOCC2)nc(N2CCN(C(=O)O)CC2)n1. The molecule has 0 spiro atoms. The highest BCUT2D eigenvalue weighted by Gasteiger charge is 2.27. The van der Waals surface area contributed by atoms with Gasteiger partial charge >= 0.3 is 6.09 Å². The second-order valence-electron chi connectivity index (χ2n) is 8.17. The van der Waals surface area contributed by atoms with Gasteiger partial charge in [-0.05, 0) is 12.1 Å². The molecule has 2 fully saturated rings. The highest BCUT2D eigenvalue weighted by Crippen LogP contribution is 2.33. The highest BCUT2D eigenvalue weighted by atomic mass is 19.3. The summed E-state index contributed by atoms with van der Waals surface area (Å²) < 4.78 is 40.4. The number of hydrogen-bond donors (Lipinski definition) is 1. The number of aromatic nitrogens is 4. The number of carboxylic acid groups (broad SMARTS) is 1. The Bertz CT molecular complexity index is 1220. The molecule has 0 unspecified atom stereocenters. The number of methoxy groups -OCH3 is 1. The van der Waals surface area contributed by atoms with Gasteiger partial charge in [0.05, 0.1) is 25.8 Å². The first-order chi connectivity index (χ1) is 17.0. The van der Waals surface area contributed by atoms with E-state index in [-0.39, 0.29) is 5.82 Å². The number of rotatable bonds is 5. The van der Waals surface area contributed by atoms with E-state index in [9.17, 15) is 18.7 Å². The van der Waals surface area contributed by atoms with E-state index in [0.29, 0.717) is 81.0 Å². The Morgan fingerprint density at radius 2 is 1.74 bits per heavy atom. The third-order valence-corrected chi connectivity index (χ3v) is 6.17. The van der Waals surface area contributed by atoms with Crippen molar-refractivity contribution in [3.63, 3.8) is 0 Å². The summed E-state index contributed by atoms with van der Waals surface area (Å²) in [5, 5.41) is 9.27. The van der Waals surface area contributed by atoms with E-state index in [0.717, 1.165) is 0 Å². The van der Waals surface area contributed by atoms with Gasteiger partial charge in [-0.3, -0.25) is 4.57 Å². The average Bonchev–Trinajstić information content (AvgIpc) is 3.29. The molecule has 4 heterocycles. The highest BCUT2D eigenvalue weighted by molar-refractivity contribution is 5.84. The van der Waals surface area contributed by atoms with E-state index in [2.05, 4.69) is 9.97 Å². The van der Waals surface area contributed by atoms with Crippen LogP contribution < -0.4 is 14.5 Å². The number of carbonyl (C=O) groups is 1. The largest absolute Gasteiger partial charge is 0.494 e. The number of benzene rings is 1. The topological polar surface area (TPSA) is 109 Å². The van der Waals surface area contributed by atoms with Crippen LogP contribution in [0, 0.1) is 0 Å². The lowest BCUT2D eigenvalue weighted by Gasteiger charge is -2.34. The van der Waals surface area contributed by atoms with Crippen LogP contribution in [0.15, 0.2) is 24.3 Å². The van der Waals surface area contributed by atoms with Crippen LogP contribution in [0.5, 0.6) is 5.75 Å². The number of alkyl halides is 2. The molecule has 2 aromatic heterocycles. The van der Waals surface area contributed by atoms with Crippen molar-refractivity contribution >= 4 is 28.9 Å². The fourth-order valence-corrected chi connectivity index (χ4v) is 4.36.